The summed E-state index contributed by atoms with van der Waals surface area (Å²) in [6, 6.07) is 12.3. The monoisotopic (exact) mass is 405 g/mol. The van der Waals surface area contributed by atoms with Crippen molar-refractivity contribution in [2.24, 2.45) is 0 Å². The van der Waals surface area contributed by atoms with Crippen molar-refractivity contribution < 1.29 is 19.1 Å². The van der Waals surface area contributed by atoms with Crippen molar-refractivity contribution in [3.05, 3.63) is 58.1 Å². The van der Waals surface area contributed by atoms with Crippen LogP contribution in [0.2, 0.25) is 0 Å². The van der Waals surface area contributed by atoms with E-state index in [2.05, 4.69) is 35.1 Å². The van der Waals surface area contributed by atoms with Crippen LogP contribution in [0.25, 0.3) is 0 Å². The molecule has 0 radical (unpaired) electrons. The largest absolute Gasteiger partial charge is 0.483 e. The average molecular weight is 406 g/mol. The fraction of sp³-hybridized carbons (Fsp3) is 0.263. The minimum atomic E-state index is -0.508. The van der Waals surface area contributed by atoms with Gasteiger partial charge in [0.05, 0.1) is 18.4 Å². The van der Waals surface area contributed by atoms with Gasteiger partial charge in [0.25, 0.3) is 5.91 Å². The third kappa shape index (κ3) is 5.06. The smallest absolute Gasteiger partial charge is 0.339 e. The number of esters is 1. The van der Waals surface area contributed by atoms with E-state index in [0.29, 0.717) is 17.0 Å². The Morgan fingerprint density at radius 2 is 1.88 bits per heavy atom. The zero-order valence-corrected chi connectivity index (χ0v) is 15.9. The maximum atomic E-state index is 12.2. The highest BCUT2D eigenvalue weighted by Gasteiger charge is 2.14. The number of ether oxygens (including phenoxy) is 2. The van der Waals surface area contributed by atoms with Gasteiger partial charge < -0.3 is 14.8 Å². The molecule has 132 valence electrons. The van der Waals surface area contributed by atoms with Crippen molar-refractivity contribution >= 4 is 33.5 Å². The minimum absolute atomic E-state index is 0.156. The summed E-state index contributed by atoms with van der Waals surface area (Å²) >= 11 is 3.44. The average Bonchev–Trinajstić information content (AvgIpc) is 2.60. The molecule has 0 aliphatic rings. The van der Waals surface area contributed by atoms with E-state index in [1.807, 2.05) is 18.2 Å². The van der Waals surface area contributed by atoms with E-state index >= 15 is 0 Å². The number of nitrogens with one attached hydrogen (secondary N) is 1. The van der Waals surface area contributed by atoms with Gasteiger partial charge in [0.1, 0.15) is 5.75 Å². The highest BCUT2D eigenvalue weighted by molar-refractivity contribution is 9.10. The Bertz CT molecular complexity index is 774. The maximum Gasteiger partial charge on any atom is 0.339 e. The van der Waals surface area contributed by atoms with Gasteiger partial charge >= 0.3 is 5.97 Å². The van der Waals surface area contributed by atoms with Crippen LogP contribution in [0.1, 0.15) is 35.7 Å². The van der Waals surface area contributed by atoms with Gasteiger partial charge in [-0.25, -0.2) is 4.79 Å². The predicted octanol–water partition coefficient (Wildman–Crippen LogP) is 4.38. The molecule has 0 spiro atoms. The topological polar surface area (TPSA) is 64.6 Å². The number of halogens is 1. The van der Waals surface area contributed by atoms with Gasteiger partial charge in [0, 0.05) is 4.47 Å². The van der Waals surface area contributed by atoms with Crippen molar-refractivity contribution in [1.82, 2.24) is 0 Å². The van der Waals surface area contributed by atoms with Gasteiger partial charge in [-0.05, 0) is 41.8 Å². The molecule has 0 unspecified atom stereocenters. The fourth-order valence-electron chi connectivity index (χ4n) is 2.31. The summed E-state index contributed by atoms with van der Waals surface area (Å²) in [4.78, 5) is 23.9. The molecule has 2 rings (SSSR count). The normalized spacial score (nSPS) is 10.4. The summed E-state index contributed by atoms with van der Waals surface area (Å²) in [5.41, 5.74) is 1.70. The number of hydrogen-bond acceptors (Lipinski definition) is 4. The Kier molecular flexibility index (Phi) is 6.58. The summed E-state index contributed by atoms with van der Waals surface area (Å²) in [5, 5.41) is 2.68. The zero-order chi connectivity index (χ0) is 18.4. The van der Waals surface area contributed by atoms with Gasteiger partial charge in [-0.2, -0.15) is 0 Å². The van der Waals surface area contributed by atoms with Crippen molar-refractivity contribution in [1.29, 1.82) is 0 Å². The van der Waals surface area contributed by atoms with Crippen molar-refractivity contribution in [3.8, 4) is 5.75 Å². The molecule has 0 heterocycles. The first-order valence-electron chi connectivity index (χ1n) is 7.81. The molecule has 0 atom stereocenters. The molecule has 0 saturated carbocycles. The standard InChI is InChI=1S/C19H20BrNO4/c1-12(2)15-10-13(20)8-9-17(15)25-11-18(22)21-16-7-5-4-6-14(16)19(23)24-3/h4-10,12H,11H2,1-3H3,(H,21,22). The number of amides is 1. The van der Waals surface area contributed by atoms with Crippen molar-refractivity contribution in [3.63, 3.8) is 0 Å². The third-order valence-corrected chi connectivity index (χ3v) is 4.05. The van der Waals surface area contributed by atoms with Crippen LogP contribution < -0.4 is 10.1 Å². The summed E-state index contributed by atoms with van der Waals surface area (Å²) < 4.78 is 11.3. The number of rotatable bonds is 6. The minimum Gasteiger partial charge on any atom is -0.483 e. The van der Waals surface area contributed by atoms with Gasteiger partial charge in [0.2, 0.25) is 0 Å². The Labute approximate surface area is 155 Å². The fourth-order valence-corrected chi connectivity index (χ4v) is 2.69. The molecular weight excluding hydrogens is 386 g/mol. The zero-order valence-electron chi connectivity index (χ0n) is 14.3. The molecule has 0 aliphatic heterocycles. The number of hydrogen-bond donors (Lipinski definition) is 1. The number of methoxy groups -OCH3 is 1. The number of anilines is 1. The lowest BCUT2D eigenvalue weighted by atomic mass is 10.0. The quantitative estimate of drug-likeness (QED) is 0.724. The lowest BCUT2D eigenvalue weighted by molar-refractivity contribution is -0.118. The van der Waals surface area contributed by atoms with E-state index < -0.39 is 5.97 Å². The highest BCUT2D eigenvalue weighted by Crippen LogP contribution is 2.29. The van der Waals surface area contributed by atoms with Crippen LogP contribution in [0.4, 0.5) is 5.69 Å². The molecule has 0 saturated heterocycles. The molecule has 5 nitrogen and oxygen atoms in total. The van der Waals surface area contributed by atoms with Gasteiger partial charge in [0.15, 0.2) is 6.61 Å². The second-order valence-corrected chi connectivity index (χ2v) is 6.63. The highest BCUT2D eigenvalue weighted by atomic mass is 79.9. The first-order valence-corrected chi connectivity index (χ1v) is 8.61. The van der Waals surface area contributed by atoms with Gasteiger partial charge in [-0.15, -0.1) is 0 Å². The molecule has 1 amide bonds. The van der Waals surface area contributed by atoms with E-state index in [1.165, 1.54) is 7.11 Å². The molecule has 6 heteroatoms. The van der Waals surface area contributed by atoms with Crippen LogP contribution in [0.15, 0.2) is 46.9 Å². The molecule has 0 aliphatic carbocycles. The molecule has 2 aromatic carbocycles. The van der Waals surface area contributed by atoms with E-state index in [9.17, 15) is 9.59 Å². The molecule has 25 heavy (non-hydrogen) atoms. The van der Waals surface area contributed by atoms with Crippen LogP contribution in [0, 0.1) is 0 Å². The first-order chi connectivity index (χ1) is 11.9. The van der Waals surface area contributed by atoms with E-state index in [1.54, 1.807) is 24.3 Å². The van der Waals surface area contributed by atoms with Gasteiger partial charge in [-0.3, -0.25) is 4.79 Å². The molecule has 0 fully saturated rings. The van der Waals surface area contributed by atoms with E-state index in [-0.39, 0.29) is 18.4 Å². The van der Waals surface area contributed by atoms with Crippen LogP contribution >= 0.6 is 15.9 Å². The van der Waals surface area contributed by atoms with Crippen LogP contribution in [0.3, 0.4) is 0 Å². The summed E-state index contributed by atoms with van der Waals surface area (Å²) in [5.74, 6) is 0.0611. The van der Waals surface area contributed by atoms with Crippen LogP contribution in [0.5, 0.6) is 5.75 Å². The summed E-state index contributed by atoms with van der Waals surface area (Å²) in [6.07, 6.45) is 0. The Balaban J connectivity index is 2.07. The van der Waals surface area contributed by atoms with E-state index in [4.69, 9.17) is 9.47 Å². The maximum absolute atomic E-state index is 12.2. The number of carbonyl (C=O) groups excluding carboxylic acids is 2. The molecular formula is C19H20BrNO4. The Morgan fingerprint density at radius 1 is 1.16 bits per heavy atom. The Morgan fingerprint density at radius 3 is 2.56 bits per heavy atom. The van der Waals surface area contributed by atoms with E-state index in [0.717, 1.165) is 10.0 Å². The number of benzene rings is 2. The van der Waals surface area contributed by atoms with Crippen LogP contribution in [-0.2, 0) is 9.53 Å². The SMILES string of the molecule is COC(=O)c1ccccc1NC(=O)COc1ccc(Br)cc1C(C)C. The molecule has 2 aromatic rings. The summed E-state index contributed by atoms with van der Waals surface area (Å²) in [6.45, 7) is 3.96. The summed E-state index contributed by atoms with van der Waals surface area (Å²) in [7, 11) is 1.30. The van der Waals surface area contributed by atoms with Crippen molar-refractivity contribution in [2.45, 2.75) is 19.8 Å². The number of para-hydroxylation sites is 1. The predicted molar refractivity (Wildman–Crippen MR) is 100 cm³/mol. The lowest BCUT2D eigenvalue weighted by Gasteiger charge is -2.15. The molecule has 0 aromatic heterocycles. The lowest BCUT2D eigenvalue weighted by Crippen LogP contribution is -2.22. The van der Waals surface area contributed by atoms with Crippen LogP contribution in [-0.4, -0.2) is 25.6 Å². The first kappa shape index (κ1) is 19.0. The third-order valence-electron chi connectivity index (χ3n) is 3.56. The molecule has 0 bridgehead atoms. The second-order valence-electron chi connectivity index (χ2n) is 5.71. The Hall–Kier alpha value is -2.34. The number of carbonyl (C=O) groups is 2. The molecule has 1 N–H and O–H groups in total. The van der Waals surface area contributed by atoms with Crippen molar-refractivity contribution in [2.75, 3.05) is 19.0 Å². The van der Waals surface area contributed by atoms with Gasteiger partial charge in [-0.1, -0.05) is 41.9 Å². The second kappa shape index (κ2) is 8.67.